The van der Waals surface area contributed by atoms with E-state index in [0.29, 0.717) is 17.8 Å². The Balaban J connectivity index is 2.40. The van der Waals surface area contributed by atoms with Crippen molar-refractivity contribution in [2.24, 2.45) is 0 Å². The van der Waals surface area contributed by atoms with Gasteiger partial charge in [-0.1, -0.05) is 12.1 Å². The molecule has 0 saturated carbocycles. The summed E-state index contributed by atoms with van der Waals surface area (Å²) in [5, 5.41) is 6.13. The Morgan fingerprint density at radius 1 is 1.10 bits per heavy atom. The first-order valence-electron chi connectivity index (χ1n) is 7.03. The highest BCUT2D eigenvalue weighted by atomic mass is 16.1. The lowest BCUT2D eigenvalue weighted by Crippen LogP contribution is -2.23. The summed E-state index contributed by atoms with van der Waals surface area (Å²) in [6.07, 6.45) is 0. The van der Waals surface area contributed by atoms with E-state index in [-0.39, 0.29) is 5.91 Å². The molecule has 2 aromatic rings. The first kappa shape index (κ1) is 14.9. The monoisotopic (exact) mass is 283 g/mol. The SMILES string of the molecule is CCNC(=O)c1ccc(N)cc1Nc1cc(C)ccc1C. The van der Waals surface area contributed by atoms with Crippen molar-refractivity contribution in [1.29, 1.82) is 0 Å². The summed E-state index contributed by atoms with van der Waals surface area (Å²) in [6.45, 7) is 6.55. The Labute approximate surface area is 125 Å². The number of nitrogens with one attached hydrogen (secondary N) is 2. The lowest BCUT2D eigenvalue weighted by Gasteiger charge is -2.15. The molecule has 0 atom stereocenters. The number of carbonyl (C=O) groups excluding carboxylic acids is 1. The van der Waals surface area contributed by atoms with Crippen molar-refractivity contribution in [2.75, 3.05) is 17.6 Å². The number of benzene rings is 2. The third-order valence-corrected chi connectivity index (χ3v) is 3.29. The Bertz CT molecular complexity index is 665. The summed E-state index contributed by atoms with van der Waals surface area (Å²) < 4.78 is 0. The molecule has 4 nitrogen and oxygen atoms in total. The van der Waals surface area contributed by atoms with Gasteiger partial charge in [0, 0.05) is 17.9 Å². The summed E-state index contributed by atoms with van der Waals surface area (Å²) in [7, 11) is 0. The van der Waals surface area contributed by atoms with Crippen LogP contribution >= 0.6 is 0 Å². The minimum absolute atomic E-state index is 0.106. The maximum Gasteiger partial charge on any atom is 0.253 e. The summed E-state index contributed by atoms with van der Waals surface area (Å²) in [6, 6.07) is 11.4. The van der Waals surface area contributed by atoms with E-state index in [9.17, 15) is 4.79 Å². The van der Waals surface area contributed by atoms with Crippen LogP contribution in [0.4, 0.5) is 17.1 Å². The van der Waals surface area contributed by atoms with Crippen LogP contribution in [0.3, 0.4) is 0 Å². The fraction of sp³-hybridized carbons (Fsp3) is 0.235. The number of carbonyl (C=O) groups is 1. The second kappa shape index (κ2) is 6.31. The van der Waals surface area contributed by atoms with E-state index in [0.717, 1.165) is 22.5 Å². The van der Waals surface area contributed by atoms with Gasteiger partial charge < -0.3 is 16.4 Å². The van der Waals surface area contributed by atoms with Gasteiger partial charge in [-0.2, -0.15) is 0 Å². The van der Waals surface area contributed by atoms with Crippen LogP contribution in [0, 0.1) is 13.8 Å². The zero-order valence-corrected chi connectivity index (χ0v) is 12.7. The molecule has 0 aliphatic carbocycles. The van der Waals surface area contributed by atoms with Gasteiger partial charge in [0.1, 0.15) is 0 Å². The number of nitrogens with two attached hydrogens (primary N) is 1. The van der Waals surface area contributed by atoms with Crippen LogP contribution in [0.1, 0.15) is 28.4 Å². The van der Waals surface area contributed by atoms with E-state index in [2.05, 4.69) is 28.8 Å². The van der Waals surface area contributed by atoms with Crippen LogP contribution in [-0.2, 0) is 0 Å². The number of rotatable bonds is 4. The molecule has 0 aromatic heterocycles. The van der Waals surface area contributed by atoms with Gasteiger partial charge in [0.2, 0.25) is 0 Å². The Hall–Kier alpha value is -2.49. The first-order chi connectivity index (χ1) is 10.0. The van der Waals surface area contributed by atoms with Gasteiger partial charge in [-0.3, -0.25) is 4.79 Å². The highest BCUT2D eigenvalue weighted by molar-refractivity contribution is 6.01. The summed E-state index contributed by atoms with van der Waals surface area (Å²) in [5.41, 5.74) is 11.0. The number of nitrogen functional groups attached to an aromatic ring is 1. The topological polar surface area (TPSA) is 67.2 Å². The number of hydrogen-bond donors (Lipinski definition) is 3. The molecule has 21 heavy (non-hydrogen) atoms. The number of hydrogen-bond acceptors (Lipinski definition) is 3. The highest BCUT2D eigenvalue weighted by Crippen LogP contribution is 2.26. The Kier molecular flexibility index (Phi) is 4.48. The minimum atomic E-state index is -0.106. The zero-order chi connectivity index (χ0) is 15.4. The van der Waals surface area contributed by atoms with Gasteiger partial charge in [-0.25, -0.2) is 0 Å². The normalized spacial score (nSPS) is 10.2. The smallest absolute Gasteiger partial charge is 0.253 e. The van der Waals surface area contributed by atoms with Crippen molar-refractivity contribution >= 4 is 23.0 Å². The molecular formula is C17H21N3O. The van der Waals surface area contributed by atoms with Crippen LogP contribution in [0.25, 0.3) is 0 Å². The van der Waals surface area contributed by atoms with Crippen LogP contribution in [-0.4, -0.2) is 12.5 Å². The van der Waals surface area contributed by atoms with Crippen LogP contribution in [0.15, 0.2) is 36.4 Å². The molecule has 0 spiro atoms. The van der Waals surface area contributed by atoms with Gasteiger partial charge in [-0.05, 0) is 56.2 Å². The van der Waals surface area contributed by atoms with E-state index < -0.39 is 0 Å². The predicted molar refractivity (Wildman–Crippen MR) is 88.1 cm³/mol. The molecule has 0 aliphatic heterocycles. The number of aryl methyl sites for hydroxylation is 2. The molecule has 4 N–H and O–H groups in total. The van der Waals surface area contributed by atoms with Crippen molar-refractivity contribution in [3.05, 3.63) is 53.1 Å². The molecule has 110 valence electrons. The Morgan fingerprint density at radius 2 is 1.86 bits per heavy atom. The molecule has 0 unspecified atom stereocenters. The highest BCUT2D eigenvalue weighted by Gasteiger charge is 2.12. The second-order valence-corrected chi connectivity index (χ2v) is 5.11. The quantitative estimate of drug-likeness (QED) is 0.754. The van der Waals surface area contributed by atoms with Crippen LogP contribution in [0.2, 0.25) is 0 Å². The van der Waals surface area contributed by atoms with Gasteiger partial charge in [0.15, 0.2) is 0 Å². The third-order valence-electron chi connectivity index (χ3n) is 3.29. The number of anilines is 3. The van der Waals surface area contributed by atoms with Crippen molar-refractivity contribution in [2.45, 2.75) is 20.8 Å². The molecule has 0 saturated heterocycles. The summed E-state index contributed by atoms with van der Waals surface area (Å²) in [5.74, 6) is -0.106. The average Bonchev–Trinajstić information content (AvgIpc) is 2.43. The molecule has 2 rings (SSSR count). The van der Waals surface area contributed by atoms with Gasteiger partial charge in [0.05, 0.1) is 11.3 Å². The van der Waals surface area contributed by atoms with Crippen LogP contribution < -0.4 is 16.4 Å². The summed E-state index contributed by atoms with van der Waals surface area (Å²) in [4.78, 5) is 12.1. The van der Waals surface area contributed by atoms with Gasteiger partial charge in [-0.15, -0.1) is 0 Å². The second-order valence-electron chi connectivity index (χ2n) is 5.11. The van der Waals surface area contributed by atoms with E-state index in [1.165, 1.54) is 0 Å². The molecule has 0 heterocycles. The first-order valence-corrected chi connectivity index (χ1v) is 7.03. The largest absolute Gasteiger partial charge is 0.399 e. The molecule has 2 aromatic carbocycles. The lowest BCUT2D eigenvalue weighted by molar-refractivity contribution is 0.0956. The fourth-order valence-electron chi connectivity index (χ4n) is 2.13. The molecule has 0 radical (unpaired) electrons. The molecule has 0 fully saturated rings. The van der Waals surface area contributed by atoms with Crippen molar-refractivity contribution in [3.8, 4) is 0 Å². The lowest BCUT2D eigenvalue weighted by atomic mass is 10.1. The minimum Gasteiger partial charge on any atom is -0.399 e. The Morgan fingerprint density at radius 3 is 2.57 bits per heavy atom. The molecule has 0 aliphatic rings. The standard InChI is InChI=1S/C17H21N3O/c1-4-19-17(21)14-8-7-13(18)10-16(14)20-15-9-11(2)5-6-12(15)3/h5-10,20H,4,18H2,1-3H3,(H,19,21). The van der Waals surface area contributed by atoms with E-state index in [4.69, 9.17) is 5.73 Å². The maximum absolute atomic E-state index is 12.1. The molecule has 1 amide bonds. The fourth-order valence-corrected chi connectivity index (χ4v) is 2.13. The average molecular weight is 283 g/mol. The van der Waals surface area contributed by atoms with Crippen molar-refractivity contribution in [1.82, 2.24) is 5.32 Å². The molecular weight excluding hydrogens is 262 g/mol. The van der Waals surface area contributed by atoms with Crippen molar-refractivity contribution < 1.29 is 4.79 Å². The predicted octanol–water partition coefficient (Wildman–Crippen LogP) is 3.38. The van der Waals surface area contributed by atoms with E-state index in [1.54, 1.807) is 18.2 Å². The third kappa shape index (κ3) is 3.54. The number of amides is 1. The zero-order valence-electron chi connectivity index (χ0n) is 12.7. The summed E-state index contributed by atoms with van der Waals surface area (Å²) >= 11 is 0. The van der Waals surface area contributed by atoms with Crippen molar-refractivity contribution in [3.63, 3.8) is 0 Å². The van der Waals surface area contributed by atoms with Gasteiger partial charge in [0.25, 0.3) is 5.91 Å². The van der Waals surface area contributed by atoms with Gasteiger partial charge >= 0.3 is 0 Å². The maximum atomic E-state index is 12.1. The molecule has 0 bridgehead atoms. The molecule has 4 heteroatoms. The van der Waals surface area contributed by atoms with E-state index in [1.807, 2.05) is 20.8 Å². The van der Waals surface area contributed by atoms with E-state index >= 15 is 0 Å². The van der Waals surface area contributed by atoms with Crippen LogP contribution in [0.5, 0.6) is 0 Å².